The third kappa shape index (κ3) is 4.76. The second kappa shape index (κ2) is 10.3. The molecular formula is C23H10Cl5N3O6. The molecule has 0 atom stereocenters. The van der Waals surface area contributed by atoms with Crippen molar-refractivity contribution in [1.29, 1.82) is 0 Å². The van der Waals surface area contributed by atoms with Gasteiger partial charge >= 0.3 is 0 Å². The number of hydrogen-bond donors (Lipinski definition) is 0. The number of imide groups is 1. The van der Waals surface area contributed by atoms with Crippen LogP contribution < -0.4 is 0 Å². The van der Waals surface area contributed by atoms with E-state index in [1.807, 2.05) is 0 Å². The van der Waals surface area contributed by atoms with E-state index in [9.17, 15) is 29.3 Å². The van der Waals surface area contributed by atoms with Crippen molar-refractivity contribution >= 4 is 87.2 Å². The molecule has 0 N–H and O–H groups in total. The highest BCUT2D eigenvalue weighted by atomic mass is 35.5. The molecule has 37 heavy (non-hydrogen) atoms. The normalized spacial score (nSPS) is 12.5. The standard InChI is InChI=1S/C23H10Cl5N3O6/c24-12-5-1-11(2-6-12)21(33)29(9-14(32)10-3-7-13(8-4-10)31(36)37)30-22(34)15-16(23(30)35)18(26)20(28)19(27)17(15)25/h1-8H,9H2. The van der Waals surface area contributed by atoms with Crippen LogP contribution in [0.1, 0.15) is 41.4 Å². The lowest BCUT2D eigenvalue weighted by Crippen LogP contribution is -2.51. The van der Waals surface area contributed by atoms with Crippen LogP contribution in [0.3, 0.4) is 0 Å². The van der Waals surface area contributed by atoms with Gasteiger partial charge in [0.25, 0.3) is 23.4 Å². The number of fused-ring (bicyclic) bond motifs is 1. The Kier molecular flexibility index (Phi) is 7.45. The number of halogens is 5. The molecule has 0 saturated heterocycles. The SMILES string of the molecule is O=C(CN(C(=O)c1ccc(Cl)cc1)N1C(=O)c2c(Cl)c(Cl)c(Cl)c(Cl)c2C1=O)c1ccc([N+](=O)[O-])cc1. The van der Waals surface area contributed by atoms with E-state index in [4.69, 9.17) is 58.0 Å². The van der Waals surface area contributed by atoms with E-state index in [-0.39, 0.29) is 48.0 Å². The van der Waals surface area contributed by atoms with Crippen LogP contribution in [0, 0.1) is 10.1 Å². The summed E-state index contributed by atoms with van der Waals surface area (Å²) in [6.07, 6.45) is 0. The van der Waals surface area contributed by atoms with E-state index in [1.165, 1.54) is 36.4 Å². The van der Waals surface area contributed by atoms with Gasteiger partial charge in [0.2, 0.25) is 0 Å². The Bertz CT molecular complexity index is 1460. The van der Waals surface area contributed by atoms with Crippen molar-refractivity contribution in [1.82, 2.24) is 10.0 Å². The molecule has 3 amide bonds. The third-order valence-electron chi connectivity index (χ3n) is 5.34. The molecule has 3 aromatic carbocycles. The van der Waals surface area contributed by atoms with E-state index in [0.29, 0.717) is 15.0 Å². The maximum Gasteiger partial charge on any atom is 0.282 e. The number of nitro groups is 1. The summed E-state index contributed by atoms with van der Waals surface area (Å²) in [4.78, 5) is 63.6. The summed E-state index contributed by atoms with van der Waals surface area (Å²) < 4.78 is 0. The second-order valence-electron chi connectivity index (χ2n) is 7.52. The van der Waals surface area contributed by atoms with Crippen LogP contribution in [0.15, 0.2) is 48.5 Å². The molecule has 0 fully saturated rings. The molecule has 1 aliphatic heterocycles. The molecule has 188 valence electrons. The van der Waals surface area contributed by atoms with Crippen LogP contribution in [0.5, 0.6) is 0 Å². The van der Waals surface area contributed by atoms with Crippen molar-refractivity contribution in [3.05, 3.63) is 106 Å². The lowest BCUT2D eigenvalue weighted by molar-refractivity contribution is -0.384. The molecule has 1 aliphatic rings. The summed E-state index contributed by atoms with van der Waals surface area (Å²) in [6.45, 7) is -0.804. The zero-order chi connectivity index (χ0) is 27.2. The molecule has 1 heterocycles. The van der Waals surface area contributed by atoms with Crippen LogP contribution in [0.25, 0.3) is 0 Å². The summed E-state index contributed by atoms with van der Waals surface area (Å²) in [5.74, 6) is -3.78. The van der Waals surface area contributed by atoms with Gasteiger partial charge < -0.3 is 0 Å². The largest absolute Gasteiger partial charge is 0.292 e. The Hall–Kier alpha value is -3.21. The number of hydrazine groups is 1. The number of carbonyl (C=O) groups is 4. The first-order valence-corrected chi connectivity index (χ1v) is 11.9. The van der Waals surface area contributed by atoms with E-state index < -0.39 is 35.0 Å². The number of ketones is 1. The summed E-state index contributed by atoms with van der Waals surface area (Å²) in [5.41, 5.74) is -1.06. The van der Waals surface area contributed by atoms with Gasteiger partial charge in [0, 0.05) is 28.3 Å². The number of nitro benzene ring substituents is 1. The molecule has 3 aromatic rings. The predicted molar refractivity (Wildman–Crippen MR) is 137 cm³/mol. The van der Waals surface area contributed by atoms with Gasteiger partial charge in [0.05, 0.1) is 36.1 Å². The first-order valence-electron chi connectivity index (χ1n) is 10.0. The minimum atomic E-state index is -1.07. The number of benzene rings is 3. The van der Waals surface area contributed by atoms with Crippen molar-refractivity contribution < 1.29 is 24.1 Å². The maximum absolute atomic E-state index is 13.5. The summed E-state index contributed by atoms with van der Waals surface area (Å²) >= 11 is 30.4. The van der Waals surface area contributed by atoms with Crippen molar-refractivity contribution in [2.24, 2.45) is 0 Å². The fourth-order valence-corrected chi connectivity index (χ4v) is 4.67. The van der Waals surface area contributed by atoms with Gasteiger partial charge in [-0.15, -0.1) is 0 Å². The van der Waals surface area contributed by atoms with Crippen LogP contribution in [0.2, 0.25) is 25.1 Å². The molecule has 0 unspecified atom stereocenters. The van der Waals surface area contributed by atoms with Gasteiger partial charge in [-0.2, -0.15) is 5.01 Å². The average molecular weight is 602 g/mol. The minimum Gasteiger partial charge on any atom is -0.292 e. The molecule has 4 rings (SSSR count). The third-order valence-corrected chi connectivity index (χ3v) is 7.39. The van der Waals surface area contributed by atoms with Crippen LogP contribution in [0.4, 0.5) is 5.69 Å². The number of rotatable bonds is 6. The predicted octanol–water partition coefficient (Wildman–Crippen LogP) is 6.40. The van der Waals surface area contributed by atoms with Gasteiger partial charge in [-0.05, 0) is 36.4 Å². The van der Waals surface area contributed by atoms with Crippen LogP contribution in [-0.2, 0) is 0 Å². The van der Waals surface area contributed by atoms with E-state index >= 15 is 0 Å². The topological polar surface area (TPSA) is 118 Å². The fourth-order valence-electron chi connectivity index (χ4n) is 3.53. The molecule has 0 aliphatic carbocycles. The Labute approximate surface area is 233 Å². The molecule has 0 saturated carbocycles. The second-order valence-corrected chi connectivity index (χ2v) is 9.47. The molecule has 0 bridgehead atoms. The minimum absolute atomic E-state index is 0.00860. The first-order chi connectivity index (χ1) is 17.4. The monoisotopic (exact) mass is 599 g/mol. The van der Waals surface area contributed by atoms with Crippen LogP contribution >= 0.6 is 58.0 Å². The lowest BCUT2D eigenvalue weighted by Gasteiger charge is -2.29. The van der Waals surface area contributed by atoms with Gasteiger partial charge in [0.15, 0.2) is 5.78 Å². The van der Waals surface area contributed by atoms with Gasteiger partial charge in [-0.3, -0.25) is 29.3 Å². The molecule has 0 spiro atoms. The van der Waals surface area contributed by atoms with Crippen molar-refractivity contribution in [2.75, 3.05) is 6.54 Å². The summed E-state index contributed by atoms with van der Waals surface area (Å²) in [6, 6.07) is 10.0. The Balaban J connectivity index is 1.79. The highest BCUT2D eigenvalue weighted by Gasteiger charge is 2.46. The Morgan fingerprint density at radius 1 is 0.757 bits per heavy atom. The first kappa shape index (κ1) is 26.8. The number of nitrogens with zero attached hydrogens (tertiary/aromatic N) is 3. The Morgan fingerprint density at radius 2 is 1.22 bits per heavy atom. The van der Waals surface area contributed by atoms with Crippen molar-refractivity contribution in [3.8, 4) is 0 Å². The fraction of sp³-hybridized carbons (Fsp3) is 0.0435. The molecule has 0 radical (unpaired) electrons. The van der Waals surface area contributed by atoms with Crippen molar-refractivity contribution in [2.45, 2.75) is 0 Å². The quantitative estimate of drug-likeness (QED) is 0.0806. The maximum atomic E-state index is 13.5. The average Bonchev–Trinajstić information content (AvgIpc) is 3.14. The number of amides is 3. The molecule has 0 aromatic heterocycles. The summed E-state index contributed by atoms with van der Waals surface area (Å²) in [5, 5.41) is 11.0. The van der Waals surface area contributed by atoms with Gasteiger partial charge in [0.1, 0.15) is 6.54 Å². The van der Waals surface area contributed by atoms with Crippen LogP contribution in [-0.4, -0.2) is 45.0 Å². The highest BCUT2D eigenvalue weighted by molar-refractivity contribution is 6.55. The summed E-state index contributed by atoms with van der Waals surface area (Å²) in [7, 11) is 0. The zero-order valence-electron chi connectivity index (χ0n) is 18.0. The number of non-ortho nitro benzene ring substituents is 1. The number of carbonyl (C=O) groups excluding carboxylic acids is 4. The zero-order valence-corrected chi connectivity index (χ0v) is 21.8. The van der Waals surface area contributed by atoms with E-state index in [2.05, 4.69) is 0 Å². The van der Waals surface area contributed by atoms with Crippen molar-refractivity contribution in [3.63, 3.8) is 0 Å². The van der Waals surface area contributed by atoms with E-state index in [0.717, 1.165) is 12.1 Å². The lowest BCUT2D eigenvalue weighted by atomic mass is 10.1. The molecule has 9 nitrogen and oxygen atoms in total. The van der Waals surface area contributed by atoms with Gasteiger partial charge in [-0.25, -0.2) is 5.01 Å². The smallest absolute Gasteiger partial charge is 0.282 e. The van der Waals surface area contributed by atoms with Gasteiger partial charge in [-0.1, -0.05) is 58.0 Å². The number of hydrogen-bond acceptors (Lipinski definition) is 6. The highest BCUT2D eigenvalue weighted by Crippen LogP contribution is 2.45. The molecule has 14 heteroatoms. The molecular weight excluding hydrogens is 592 g/mol. The Morgan fingerprint density at radius 3 is 1.68 bits per heavy atom. The number of Topliss-reactive ketones (excluding diaryl/α,β-unsaturated/α-hetero) is 1. The van der Waals surface area contributed by atoms with E-state index in [1.54, 1.807) is 0 Å².